The van der Waals surface area contributed by atoms with Crippen molar-refractivity contribution in [1.29, 1.82) is 0 Å². The quantitative estimate of drug-likeness (QED) is 0.912. The van der Waals surface area contributed by atoms with E-state index in [2.05, 4.69) is 16.4 Å². The molecular weight excluding hydrogens is 240 g/mol. The van der Waals surface area contributed by atoms with E-state index in [1.165, 1.54) is 5.56 Å². The summed E-state index contributed by atoms with van der Waals surface area (Å²) in [5.74, 6) is 1.62. The number of hydrogen-bond acceptors (Lipinski definition) is 4. The second kappa shape index (κ2) is 5.18. The number of ether oxygens (including phenoxy) is 2. The van der Waals surface area contributed by atoms with Crippen molar-refractivity contribution in [1.82, 2.24) is 4.98 Å². The molecule has 0 saturated carbocycles. The summed E-state index contributed by atoms with van der Waals surface area (Å²) < 4.78 is 10.9. The molecule has 2 heterocycles. The molecule has 1 N–H and O–H groups in total. The van der Waals surface area contributed by atoms with E-state index >= 15 is 0 Å². The van der Waals surface area contributed by atoms with Crippen molar-refractivity contribution in [3.05, 3.63) is 48.2 Å². The molecule has 1 atom stereocenters. The molecule has 3 rings (SSSR count). The van der Waals surface area contributed by atoms with Gasteiger partial charge in [0.05, 0.1) is 25.5 Å². The largest absolute Gasteiger partial charge is 0.488 e. The van der Waals surface area contributed by atoms with Crippen molar-refractivity contribution in [2.24, 2.45) is 0 Å². The molecule has 4 heteroatoms. The van der Waals surface area contributed by atoms with Gasteiger partial charge in [0.25, 0.3) is 0 Å². The number of hydrogen-bond donors (Lipinski definition) is 1. The van der Waals surface area contributed by atoms with Crippen LogP contribution in [0.1, 0.15) is 5.56 Å². The van der Waals surface area contributed by atoms with Gasteiger partial charge >= 0.3 is 0 Å². The predicted molar refractivity (Wildman–Crippen MR) is 73.8 cm³/mol. The summed E-state index contributed by atoms with van der Waals surface area (Å²) in [6.45, 7) is 0.767. The van der Waals surface area contributed by atoms with Crippen LogP contribution in [0.4, 0.5) is 5.69 Å². The van der Waals surface area contributed by atoms with Gasteiger partial charge in [-0.15, -0.1) is 0 Å². The number of nitrogens with zero attached hydrogens (tertiary/aromatic N) is 1. The van der Waals surface area contributed by atoms with Crippen molar-refractivity contribution in [2.45, 2.75) is 12.5 Å². The molecule has 2 aromatic rings. The second-order valence-electron chi connectivity index (χ2n) is 4.52. The van der Waals surface area contributed by atoms with Crippen molar-refractivity contribution in [3.8, 4) is 11.6 Å². The smallest absolute Gasteiger partial charge is 0.213 e. The maximum Gasteiger partial charge on any atom is 0.213 e. The molecule has 1 aromatic heterocycles. The van der Waals surface area contributed by atoms with Gasteiger partial charge in [0, 0.05) is 12.5 Å². The molecule has 0 amide bonds. The van der Waals surface area contributed by atoms with Crippen molar-refractivity contribution in [2.75, 3.05) is 19.0 Å². The van der Waals surface area contributed by atoms with Gasteiger partial charge in [-0.2, -0.15) is 0 Å². The van der Waals surface area contributed by atoms with Gasteiger partial charge in [-0.05, 0) is 17.7 Å². The highest BCUT2D eigenvalue weighted by atomic mass is 16.5. The van der Waals surface area contributed by atoms with E-state index in [1.54, 1.807) is 13.3 Å². The molecule has 0 aliphatic carbocycles. The van der Waals surface area contributed by atoms with Crippen LogP contribution in [0.5, 0.6) is 11.6 Å². The van der Waals surface area contributed by atoms with E-state index in [1.807, 2.05) is 30.3 Å². The first-order valence-corrected chi connectivity index (χ1v) is 6.33. The van der Waals surface area contributed by atoms with Crippen LogP contribution >= 0.6 is 0 Å². The monoisotopic (exact) mass is 256 g/mol. The topological polar surface area (TPSA) is 43.4 Å². The summed E-state index contributed by atoms with van der Waals surface area (Å²) >= 11 is 0. The maximum absolute atomic E-state index is 5.87. The SMILES string of the molecule is COc1ccc(NCC2Cc3ccccc3O2)cn1. The summed E-state index contributed by atoms with van der Waals surface area (Å²) in [5, 5.41) is 3.33. The van der Waals surface area contributed by atoms with Crippen LogP contribution in [0.2, 0.25) is 0 Å². The van der Waals surface area contributed by atoms with Gasteiger partial charge in [0.1, 0.15) is 11.9 Å². The third-order valence-electron chi connectivity index (χ3n) is 3.19. The Bertz CT molecular complexity index is 529. The minimum absolute atomic E-state index is 0.180. The summed E-state index contributed by atoms with van der Waals surface area (Å²) in [6, 6.07) is 12.0. The Morgan fingerprint density at radius 2 is 2.21 bits per heavy atom. The molecule has 0 spiro atoms. The molecular formula is C15H16N2O2. The molecule has 0 bridgehead atoms. The molecule has 0 fully saturated rings. The number of methoxy groups -OCH3 is 1. The highest BCUT2D eigenvalue weighted by Crippen LogP contribution is 2.28. The first-order valence-electron chi connectivity index (χ1n) is 6.33. The molecule has 1 aliphatic rings. The minimum Gasteiger partial charge on any atom is -0.488 e. The Labute approximate surface area is 112 Å². The summed E-state index contributed by atoms with van der Waals surface area (Å²) in [7, 11) is 1.61. The first kappa shape index (κ1) is 11.8. The third-order valence-corrected chi connectivity index (χ3v) is 3.19. The van der Waals surface area contributed by atoms with Crippen LogP contribution in [-0.2, 0) is 6.42 Å². The van der Waals surface area contributed by atoms with Crippen molar-refractivity contribution < 1.29 is 9.47 Å². The van der Waals surface area contributed by atoms with E-state index in [-0.39, 0.29) is 6.10 Å². The highest BCUT2D eigenvalue weighted by molar-refractivity contribution is 5.43. The lowest BCUT2D eigenvalue weighted by Crippen LogP contribution is -2.23. The van der Waals surface area contributed by atoms with E-state index in [9.17, 15) is 0 Å². The molecule has 1 unspecified atom stereocenters. The fourth-order valence-electron chi connectivity index (χ4n) is 2.21. The summed E-state index contributed by atoms with van der Waals surface area (Å²) in [6.07, 6.45) is 2.90. The Morgan fingerprint density at radius 3 is 2.95 bits per heavy atom. The lowest BCUT2D eigenvalue weighted by molar-refractivity contribution is 0.246. The molecule has 1 aromatic carbocycles. The molecule has 0 radical (unpaired) electrons. The van der Waals surface area contributed by atoms with Crippen LogP contribution in [0.25, 0.3) is 0 Å². The standard InChI is InChI=1S/C15H16N2O2/c1-18-15-7-6-12(9-17-15)16-10-13-8-11-4-2-3-5-14(11)19-13/h2-7,9,13,16H,8,10H2,1H3. The molecule has 4 nitrogen and oxygen atoms in total. The second-order valence-corrected chi connectivity index (χ2v) is 4.52. The van der Waals surface area contributed by atoms with Gasteiger partial charge in [-0.25, -0.2) is 4.98 Å². The number of benzene rings is 1. The predicted octanol–water partition coefficient (Wildman–Crippen LogP) is 2.51. The number of fused-ring (bicyclic) bond motifs is 1. The van der Waals surface area contributed by atoms with Crippen molar-refractivity contribution in [3.63, 3.8) is 0 Å². The molecule has 0 saturated heterocycles. The van der Waals surface area contributed by atoms with Gasteiger partial charge in [-0.3, -0.25) is 0 Å². The number of aromatic nitrogens is 1. The number of pyridine rings is 1. The average molecular weight is 256 g/mol. The number of anilines is 1. The lowest BCUT2D eigenvalue weighted by Gasteiger charge is -2.12. The Morgan fingerprint density at radius 1 is 1.32 bits per heavy atom. The van der Waals surface area contributed by atoms with Gasteiger partial charge in [0.2, 0.25) is 5.88 Å². The molecule has 98 valence electrons. The van der Waals surface area contributed by atoms with E-state index < -0.39 is 0 Å². The van der Waals surface area contributed by atoms with Gasteiger partial charge in [-0.1, -0.05) is 18.2 Å². The van der Waals surface area contributed by atoms with E-state index in [0.717, 1.165) is 24.4 Å². The third kappa shape index (κ3) is 2.62. The summed E-state index contributed by atoms with van der Waals surface area (Å²) in [4.78, 5) is 4.16. The van der Waals surface area contributed by atoms with E-state index in [0.29, 0.717) is 5.88 Å². The zero-order valence-electron chi connectivity index (χ0n) is 10.8. The fraction of sp³-hybridized carbons (Fsp3) is 0.267. The van der Waals surface area contributed by atoms with Crippen LogP contribution in [0.15, 0.2) is 42.6 Å². The van der Waals surface area contributed by atoms with Crippen molar-refractivity contribution >= 4 is 5.69 Å². The highest BCUT2D eigenvalue weighted by Gasteiger charge is 2.21. The Kier molecular flexibility index (Phi) is 3.23. The maximum atomic E-state index is 5.87. The number of rotatable bonds is 4. The lowest BCUT2D eigenvalue weighted by atomic mass is 10.1. The minimum atomic E-state index is 0.180. The van der Waals surface area contributed by atoms with Crippen LogP contribution in [0.3, 0.4) is 0 Å². The van der Waals surface area contributed by atoms with Crippen LogP contribution < -0.4 is 14.8 Å². The summed E-state index contributed by atoms with van der Waals surface area (Å²) in [5.41, 5.74) is 2.25. The zero-order chi connectivity index (χ0) is 13.1. The van der Waals surface area contributed by atoms with E-state index in [4.69, 9.17) is 9.47 Å². The van der Waals surface area contributed by atoms with Gasteiger partial charge in [0.15, 0.2) is 0 Å². The van der Waals surface area contributed by atoms with Crippen LogP contribution in [0, 0.1) is 0 Å². The molecule has 1 aliphatic heterocycles. The first-order chi connectivity index (χ1) is 9.35. The number of para-hydroxylation sites is 1. The molecule has 19 heavy (non-hydrogen) atoms. The zero-order valence-corrected chi connectivity index (χ0v) is 10.8. The normalized spacial score (nSPS) is 16.6. The van der Waals surface area contributed by atoms with Crippen LogP contribution in [-0.4, -0.2) is 24.7 Å². The fourth-order valence-corrected chi connectivity index (χ4v) is 2.21. The Hall–Kier alpha value is -2.23. The Balaban J connectivity index is 1.56. The number of nitrogens with one attached hydrogen (secondary N) is 1. The average Bonchev–Trinajstić information content (AvgIpc) is 2.88. The van der Waals surface area contributed by atoms with Gasteiger partial charge < -0.3 is 14.8 Å².